The average Bonchev–Trinajstić information content (AvgIpc) is 2.86. The second-order valence-electron chi connectivity index (χ2n) is 5.83. The number of fused-ring (bicyclic) bond motifs is 4. The molecule has 5 nitrogen and oxygen atoms in total. The number of carbonyl (C=O) groups is 1. The number of amides is 1. The minimum absolute atomic E-state index is 0.156. The van der Waals surface area contributed by atoms with Crippen molar-refractivity contribution in [1.82, 2.24) is 14.8 Å². The third kappa shape index (κ3) is 3.44. The van der Waals surface area contributed by atoms with Gasteiger partial charge in [0.1, 0.15) is 0 Å². The van der Waals surface area contributed by atoms with Crippen molar-refractivity contribution in [2.75, 3.05) is 32.8 Å². The largest absolute Gasteiger partial charge is 0.380 e. The number of aromatic nitrogens is 1. The lowest BCUT2D eigenvalue weighted by Gasteiger charge is -2.35. The van der Waals surface area contributed by atoms with Crippen LogP contribution < -0.4 is 0 Å². The molecule has 3 saturated heterocycles. The minimum atomic E-state index is 0.156. The van der Waals surface area contributed by atoms with E-state index in [1.54, 1.807) is 11.3 Å². The van der Waals surface area contributed by atoms with Crippen LogP contribution >= 0.6 is 11.3 Å². The van der Waals surface area contributed by atoms with Gasteiger partial charge in [0.05, 0.1) is 30.3 Å². The highest BCUT2D eigenvalue weighted by Gasteiger charge is 2.40. The fraction of sp³-hybridized carbons (Fsp3) is 0.733. The van der Waals surface area contributed by atoms with E-state index >= 15 is 0 Å². The van der Waals surface area contributed by atoms with Gasteiger partial charge in [-0.15, -0.1) is 11.3 Å². The first-order chi connectivity index (χ1) is 10.3. The van der Waals surface area contributed by atoms with Crippen molar-refractivity contribution in [3.05, 3.63) is 16.6 Å². The van der Waals surface area contributed by atoms with E-state index in [1.807, 2.05) is 17.8 Å². The molecule has 0 aliphatic carbocycles. The Labute approximate surface area is 129 Å². The second kappa shape index (κ2) is 6.85. The topological polar surface area (TPSA) is 45.7 Å². The van der Waals surface area contributed by atoms with E-state index in [0.717, 1.165) is 51.4 Å². The third-order valence-corrected chi connectivity index (χ3v) is 5.08. The van der Waals surface area contributed by atoms with Crippen molar-refractivity contribution in [2.45, 2.75) is 32.4 Å². The first-order valence-corrected chi connectivity index (χ1v) is 8.70. The van der Waals surface area contributed by atoms with E-state index in [0.29, 0.717) is 18.5 Å². The SMILES string of the molecule is CCOCCN1C[C@@H]2CC[C@H](C1)N(Cc1cscn1)C2=O. The number of hydrogen-bond donors (Lipinski definition) is 0. The summed E-state index contributed by atoms with van der Waals surface area (Å²) in [5.74, 6) is 0.474. The predicted molar refractivity (Wildman–Crippen MR) is 82.1 cm³/mol. The molecule has 0 unspecified atom stereocenters. The molecule has 0 radical (unpaired) electrons. The lowest BCUT2D eigenvalue weighted by molar-refractivity contribution is -0.140. The summed E-state index contributed by atoms with van der Waals surface area (Å²) in [7, 11) is 0. The van der Waals surface area contributed by atoms with E-state index in [9.17, 15) is 4.79 Å². The van der Waals surface area contributed by atoms with Crippen LogP contribution in [0.5, 0.6) is 0 Å². The Balaban J connectivity index is 1.66. The van der Waals surface area contributed by atoms with Gasteiger partial charge < -0.3 is 9.64 Å². The Kier molecular flexibility index (Phi) is 4.87. The molecule has 0 aromatic carbocycles. The smallest absolute Gasteiger partial charge is 0.227 e. The van der Waals surface area contributed by atoms with Crippen LogP contribution in [0, 0.1) is 5.92 Å². The Bertz CT molecular complexity index is 465. The summed E-state index contributed by atoms with van der Waals surface area (Å²) in [5, 5.41) is 2.04. The van der Waals surface area contributed by atoms with Crippen LogP contribution in [-0.2, 0) is 16.1 Å². The predicted octanol–water partition coefficient (Wildman–Crippen LogP) is 1.60. The number of ether oxygens (including phenoxy) is 1. The van der Waals surface area contributed by atoms with Crippen LogP contribution in [0.3, 0.4) is 0 Å². The van der Waals surface area contributed by atoms with Gasteiger partial charge in [-0.3, -0.25) is 9.69 Å². The zero-order valence-corrected chi connectivity index (χ0v) is 13.3. The van der Waals surface area contributed by atoms with Crippen molar-refractivity contribution < 1.29 is 9.53 Å². The van der Waals surface area contributed by atoms with Crippen LogP contribution in [0.4, 0.5) is 0 Å². The van der Waals surface area contributed by atoms with Crippen molar-refractivity contribution in [3.8, 4) is 0 Å². The molecule has 4 rings (SSSR count). The fourth-order valence-electron chi connectivity index (χ4n) is 3.35. The quantitative estimate of drug-likeness (QED) is 0.749. The molecule has 2 bridgehead atoms. The molecule has 0 saturated carbocycles. The van der Waals surface area contributed by atoms with E-state index < -0.39 is 0 Å². The second-order valence-corrected chi connectivity index (χ2v) is 6.55. The number of rotatable bonds is 6. The summed E-state index contributed by atoms with van der Waals surface area (Å²) >= 11 is 1.59. The highest BCUT2D eigenvalue weighted by Crippen LogP contribution is 2.30. The number of thiazole rings is 1. The van der Waals surface area contributed by atoms with Crippen molar-refractivity contribution in [1.29, 1.82) is 0 Å². The molecule has 6 heteroatoms. The lowest BCUT2D eigenvalue weighted by atomic mass is 9.94. The summed E-state index contributed by atoms with van der Waals surface area (Å²) in [6, 6.07) is 0.333. The van der Waals surface area contributed by atoms with E-state index in [-0.39, 0.29) is 5.92 Å². The molecule has 3 fully saturated rings. The average molecular weight is 309 g/mol. The number of piperidine rings is 1. The molecular formula is C15H23N3O2S. The summed E-state index contributed by atoms with van der Waals surface area (Å²) in [6.45, 7) is 6.99. The van der Waals surface area contributed by atoms with Gasteiger partial charge in [0.2, 0.25) is 5.91 Å². The molecule has 21 heavy (non-hydrogen) atoms. The Hall–Kier alpha value is -0.980. The number of nitrogens with zero attached hydrogens (tertiary/aromatic N) is 3. The maximum atomic E-state index is 12.7. The molecule has 116 valence electrons. The standard InChI is InChI=1S/C15H23N3O2S/c1-2-20-6-5-17-7-12-3-4-14(9-17)18(15(12)19)8-13-10-21-11-16-13/h10-12,14H,2-9H2,1H3/t12-,14+/m0/s1. The van der Waals surface area contributed by atoms with Crippen LogP contribution in [0.2, 0.25) is 0 Å². The Morgan fingerprint density at radius 2 is 2.33 bits per heavy atom. The maximum Gasteiger partial charge on any atom is 0.227 e. The van der Waals surface area contributed by atoms with Gasteiger partial charge in [0.25, 0.3) is 0 Å². The van der Waals surface area contributed by atoms with Crippen molar-refractivity contribution in [3.63, 3.8) is 0 Å². The molecule has 0 spiro atoms. The van der Waals surface area contributed by atoms with Crippen LogP contribution in [-0.4, -0.2) is 59.6 Å². The molecule has 1 aromatic rings. The zero-order chi connectivity index (χ0) is 14.7. The van der Waals surface area contributed by atoms with Gasteiger partial charge in [-0.05, 0) is 19.8 Å². The molecule has 0 N–H and O–H groups in total. The van der Waals surface area contributed by atoms with Crippen molar-refractivity contribution >= 4 is 17.2 Å². The zero-order valence-electron chi connectivity index (χ0n) is 12.5. The molecule has 1 aromatic heterocycles. The normalized spacial score (nSPS) is 26.3. The maximum absolute atomic E-state index is 12.7. The summed E-state index contributed by atoms with van der Waals surface area (Å²) in [6.07, 6.45) is 2.15. The number of hydrogen-bond acceptors (Lipinski definition) is 5. The molecule has 2 atom stereocenters. The number of carbonyl (C=O) groups excluding carboxylic acids is 1. The van der Waals surface area contributed by atoms with Crippen LogP contribution in [0.1, 0.15) is 25.5 Å². The van der Waals surface area contributed by atoms with Crippen molar-refractivity contribution in [2.24, 2.45) is 5.92 Å². The van der Waals surface area contributed by atoms with E-state index in [1.165, 1.54) is 0 Å². The van der Waals surface area contributed by atoms with Crippen LogP contribution in [0.25, 0.3) is 0 Å². The molecule has 3 aliphatic rings. The first-order valence-electron chi connectivity index (χ1n) is 7.75. The summed E-state index contributed by atoms with van der Waals surface area (Å²) in [4.78, 5) is 21.4. The Morgan fingerprint density at radius 3 is 3.10 bits per heavy atom. The molecule has 1 amide bonds. The van der Waals surface area contributed by atoms with Gasteiger partial charge in [0.15, 0.2) is 0 Å². The van der Waals surface area contributed by atoms with E-state index in [4.69, 9.17) is 4.74 Å². The van der Waals surface area contributed by atoms with Gasteiger partial charge in [-0.1, -0.05) is 0 Å². The van der Waals surface area contributed by atoms with Gasteiger partial charge in [-0.25, -0.2) is 4.98 Å². The molecular weight excluding hydrogens is 286 g/mol. The highest BCUT2D eigenvalue weighted by atomic mass is 32.1. The summed E-state index contributed by atoms with van der Waals surface area (Å²) < 4.78 is 5.46. The molecule has 4 heterocycles. The van der Waals surface area contributed by atoms with Gasteiger partial charge >= 0.3 is 0 Å². The fourth-order valence-corrected chi connectivity index (χ4v) is 3.90. The summed E-state index contributed by atoms with van der Waals surface area (Å²) in [5.41, 5.74) is 2.85. The van der Waals surface area contributed by atoms with Gasteiger partial charge in [-0.2, -0.15) is 0 Å². The lowest BCUT2D eigenvalue weighted by Crippen LogP contribution is -2.47. The van der Waals surface area contributed by atoms with Gasteiger partial charge in [0, 0.05) is 37.7 Å². The molecule has 3 aliphatic heterocycles. The van der Waals surface area contributed by atoms with E-state index in [2.05, 4.69) is 14.8 Å². The first kappa shape index (κ1) is 14.9. The third-order valence-electron chi connectivity index (χ3n) is 4.44. The monoisotopic (exact) mass is 309 g/mol. The minimum Gasteiger partial charge on any atom is -0.380 e. The highest BCUT2D eigenvalue weighted by molar-refractivity contribution is 7.07. The Morgan fingerprint density at radius 1 is 1.43 bits per heavy atom. The van der Waals surface area contributed by atoms with Crippen LogP contribution in [0.15, 0.2) is 10.9 Å².